The van der Waals surface area contributed by atoms with E-state index in [0.717, 1.165) is 4.90 Å². The van der Waals surface area contributed by atoms with Crippen LogP contribution in [0.25, 0.3) is 0 Å². The Balaban J connectivity index is 2.07. The summed E-state index contributed by atoms with van der Waals surface area (Å²) in [5, 5.41) is 11.3. The Morgan fingerprint density at radius 1 is 1.33 bits per heavy atom. The lowest BCUT2D eigenvalue weighted by Gasteiger charge is -2.22. The van der Waals surface area contributed by atoms with Gasteiger partial charge in [0.25, 0.3) is 5.91 Å². The van der Waals surface area contributed by atoms with Gasteiger partial charge in [0.2, 0.25) is 0 Å². The van der Waals surface area contributed by atoms with Crippen molar-refractivity contribution in [1.29, 1.82) is 0 Å². The van der Waals surface area contributed by atoms with Gasteiger partial charge in [-0.2, -0.15) is 15.0 Å². The van der Waals surface area contributed by atoms with E-state index in [9.17, 15) is 4.79 Å². The first kappa shape index (κ1) is 15.6. The topological polar surface area (TPSA) is 59.8 Å². The van der Waals surface area contributed by atoms with E-state index < -0.39 is 0 Å². The van der Waals surface area contributed by atoms with Crippen molar-refractivity contribution in [1.82, 2.24) is 20.3 Å². The SMILES string of the molecule is CSc1cccc(C(=O)NC(Cn2nccn2)C(C)C)c1. The van der Waals surface area contributed by atoms with Crippen LogP contribution < -0.4 is 5.32 Å². The van der Waals surface area contributed by atoms with Crippen LogP contribution in [-0.4, -0.2) is 33.2 Å². The van der Waals surface area contributed by atoms with Crippen molar-refractivity contribution in [3.8, 4) is 0 Å². The second-order valence-corrected chi connectivity index (χ2v) is 6.02. The van der Waals surface area contributed by atoms with Gasteiger partial charge in [0.1, 0.15) is 0 Å². The fraction of sp³-hybridized carbons (Fsp3) is 0.400. The number of carbonyl (C=O) groups is 1. The Morgan fingerprint density at radius 2 is 2.05 bits per heavy atom. The van der Waals surface area contributed by atoms with E-state index in [1.165, 1.54) is 0 Å². The van der Waals surface area contributed by atoms with Gasteiger partial charge < -0.3 is 5.32 Å². The summed E-state index contributed by atoms with van der Waals surface area (Å²) in [6, 6.07) is 7.63. The molecule has 1 aromatic heterocycles. The molecule has 0 spiro atoms. The molecule has 0 radical (unpaired) electrons. The summed E-state index contributed by atoms with van der Waals surface area (Å²) in [6.45, 7) is 4.72. The van der Waals surface area contributed by atoms with Gasteiger partial charge in [-0.1, -0.05) is 19.9 Å². The Bertz CT molecular complexity index is 583. The molecule has 0 saturated heterocycles. The van der Waals surface area contributed by atoms with Gasteiger partial charge in [0.05, 0.1) is 25.0 Å². The molecule has 112 valence electrons. The van der Waals surface area contributed by atoms with Crippen LogP contribution in [0.3, 0.4) is 0 Å². The van der Waals surface area contributed by atoms with Gasteiger partial charge in [-0.3, -0.25) is 4.79 Å². The Labute approximate surface area is 129 Å². The van der Waals surface area contributed by atoms with Gasteiger partial charge in [-0.15, -0.1) is 11.8 Å². The molecule has 1 aromatic carbocycles. The van der Waals surface area contributed by atoms with Crippen LogP contribution in [-0.2, 0) is 6.54 Å². The average molecular weight is 304 g/mol. The molecule has 6 heteroatoms. The Hall–Kier alpha value is -1.82. The van der Waals surface area contributed by atoms with Crippen molar-refractivity contribution in [3.05, 3.63) is 42.2 Å². The predicted octanol–water partition coefficient (Wildman–Crippen LogP) is 2.45. The molecule has 1 N–H and O–H groups in total. The predicted molar refractivity (Wildman–Crippen MR) is 84.3 cm³/mol. The number of rotatable bonds is 6. The van der Waals surface area contributed by atoms with Crippen molar-refractivity contribution < 1.29 is 4.79 Å². The summed E-state index contributed by atoms with van der Waals surface area (Å²) >= 11 is 1.63. The lowest BCUT2D eigenvalue weighted by atomic mass is 10.0. The molecule has 1 heterocycles. The van der Waals surface area contributed by atoms with Crippen molar-refractivity contribution >= 4 is 17.7 Å². The largest absolute Gasteiger partial charge is 0.347 e. The van der Waals surface area contributed by atoms with Crippen molar-refractivity contribution in [3.63, 3.8) is 0 Å². The lowest BCUT2D eigenvalue weighted by molar-refractivity contribution is 0.0917. The third-order valence-corrected chi connectivity index (χ3v) is 4.01. The second-order valence-electron chi connectivity index (χ2n) is 5.14. The summed E-state index contributed by atoms with van der Waals surface area (Å²) in [6.07, 6.45) is 5.28. The number of benzene rings is 1. The summed E-state index contributed by atoms with van der Waals surface area (Å²) in [4.78, 5) is 15.1. The lowest BCUT2D eigenvalue weighted by Crippen LogP contribution is -2.42. The molecule has 1 atom stereocenters. The van der Waals surface area contributed by atoms with Crippen molar-refractivity contribution in [2.24, 2.45) is 5.92 Å². The number of aromatic nitrogens is 3. The molecular weight excluding hydrogens is 284 g/mol. The fourth-order valence-electron chi connectivity index (χ4n) is 1.95. The van der Waals surface area contributed by atoms with Crippen LogP contribution in [0.15, 0.2) is 41.6 Å². The van der Waals surface area contributed by atoms with E-state index in [1.54, 1.807) is 29.0 Å². The minimum absolute atomic E-state index is 0.0113. The maximum atomic E-state index is 12.4. The molecule has 21 heavy (non-hydrogen) atoms. The van der Waals surface area contributed by atoms with Crippen LogP contribution in [0.4, 0.5) is 0 Å². The molecular formula is C15H20N4OS. The van der Waals surface area contributed by atoms with E-state index in [-0.39, 0.29) is 11.9 Å². The number of carbonyl (C=O) groups excluding carboxylic acids is 1. The highest BCUT2D eigenvalue weighted by Gasteiger charge is 2.18. The molecule has 0 fully saturated rings. The minimum atomic E-state index is -0.0586. The van der Waals surface area contributed by atoms with Crippen LogP contribution in [0.1, 0.15) is 24.2 Å². The molecule has 2 aromatic rings. The molecule has 1 amide bonds. The number of nitrogens with zero attached hydrogens (tertiary/aromatic N) is 3. The standard InChI is InChI=1S/C15H20N4OS/c1-11(2)14(10-19-16-7-8-17-19)18-15(20)12-5-4-6-13(9-12)21-3/h4-9,11,14H,10H2,1-3H3,(H,18,20). The van der Waals surface area contributed by atoms with Crippen molar-refractivity contribution in [2.45, 2.75) is 31.3 Å². The first-order valence-electron chi connectivity index (χ1n) is 6.89. The molecule has 0 aliphatic carbocycles. The highest BCUT2D eigenvalue weighted by Crippen LogP contribution is 2.16. The molecule has 5 nitrogen and oxygen atoms in total. The third-order valence-electron chi connectivity index (χ3n) is 3.28. The Kier molecular flexibility index (Phi) is 5.38. The first-order chi connectivity index (χ1) is 10.1. The maximum Gasteiger partial charge on any atom is 0.251 e. The van der Waals surface area contributed by atoms with Crippen LogP contribution in [0.2, 0.25) is 0 Å². The Morgan fingerprint density at radius 3 is 2.67 bits per heavy atom. The maximum absolute atomic E-state index is 12.4. The monoisotopic (exact) mass is 304 g/mol. The number of nitrogens with one attached hydrogen (secondary N) is 1. The van der Waals surface area contributed by atoms with Gasteiger partial charge in [-0.05, 0) is 30.4 Å². The minimum Gasteiger partial charge on any atom is -0.347 e. The zero-order valence-electron chi connectivity index (χ0n) is 12.5. The van der Waals surface area contributed by atoms with E-state index in [0.29, 0.717) is 18.0 Å². The van der Waals surface area contributed by atoms with E-state index in [4.69, 9.17) is 0 Å². The summed E-state index contributed by atoms with van der Waals surface area (Å²) in [5.74, 6) is 0.237. The van der Waals surface area contributed by atoms with Gasteiger partial charge in [0, 0.05) is 10.5 Å². The van der Waals surface area contributed by atoms with Crippen LogP contribution in [0, 0.1) is 5.92 Å². The molecule has 0 saturated carbocycles. The number of amides is 1. The normalized spacial score (nSPS) is 12.4. The van der Waals surface area contributed by atoms with Crippen molar-refractivity contribution in [2.75, 3.05) is 6.26 Å². The molecule has 0 aliphatic heterocycles. The smallest absolute Gasteiger partial charge is 0.251 e. The second kappa shape index (κ2) is 7.26. The molecule has 2 rings (SSSR count). The first-order valence-corrected chi connectivity index (χ1v) is 8.11. The highest BCUT2D eigenvalue weighted by atomic mass is 32.2. The fourth-order valence-corrected chi connectivity index (χ4v) is 2.41. The van der Waals surface area contributed by atoms with E-state index >= 15 is 0 Å². The zero-order chi connectivity index (χ0) is 15.2. The van der Waals surface area contributed by atoms with Gasteiger partial charge in [0.15, 0.2) is 0 Å². The van der Waals surface area contributed by atoms with Gasteiger partial charge in [-0.25, -0.2) is 0 Å². The molecule has 0 bridgehead atoms. The summed E-state index contributed by atoms with van der Waals surface area (Å²) in [7, 11) is 0. The third kappa shape index (κ3) is 4.32. The number of thioether (sulfide) groups is 1. The van der Waals surface area contributed by atoms with Crippen LogP contribution >= 0.6 is 11.8 Å². The molecule has 1 unspecified atom stereocenters. The summed E-state index contributed by atoms with van der Waals surface area (Å²) < 4.78 is 0. The number of hydrogen-bond acceptors (Lipinski definition) is 4. The summed E-state index contributed by atoms with van der Waals surface area (Å²) in [5.41, 5.74) is 0.681. The molecule has 0 aliphatic rings. The highest BCUT2D eigenvalue weighted by molar-refractivity contribution is 7.98. The van der Waals surface area contributed by atoms with E-state index in [1.807, 2.05) is 30.5 Å². The van der Waals surface area contributed by atoms with Gasteiger partial charge >= 0.3 is 0 Å². The quantitative estimate of drug-likeness (QED) is 0.833. The average Bonchev–Trinajstić information content (AvgIpc) is 2.99. The number of hydrogen-bond donors (Lipinski definition) is 1. The van der Waals surface area contributed by atoms with E-state index in [2.05, 4.69) is 29.4 Å². The van der Waals surface area contributed by atoms with Crippen LogP contribution in [0.5, 0.6) is 0 Å². The zero-order valence-corrected chi connectivity index (χ0v) is 13.3.